The van der Waals surface area contributed by atoms with Crippen LogP contribution in [0.1, 0.15) is 78.1 Å². The first-order chi connectivity index (χ1) is 12.8. The minimum absolute atomic E-state index is 0.0377. The van der Waals surface area contributed by atoms with Gasteiger partial charge < -0.3 is 9.84 Å². The highest BCUT2D eigenvalue weighted by molar-refractivity contribution is 7.80. The van der Waals surface area contributed by atoms with Gasteiger partial charge in [0, 0.05) is 11.2 Å². The molecule has 4 saturated carbocycles. The van der Waals surface area contributed by atoms with Gasteiger partial charge in [-0.2, -0.15) is 12.6 Å². The van der Waals surface area contributed by atoms with Gasteiger partial charge >= 0.3 is 5.97 Å². The molecule has 0 radical (unpaired) electrons. The number of aliphatic hydroxyl groups is 1. The summed E-state index contributed by atoms with van der Waals surface area (Å²) in [6, 6.07) is 0. The lowest BCUT2D eigenvalue weighted by Crippen LogP contribution is -2.62. The van der Waals surface area contributed by atoms with Crippen LogP contribution >= 0.6 is 12.6 Å². The van der Waals surface area contributed by atoms with Crippen molar-refractivity contribution in [3.8, 4) is 0 Å². The van der Waals surface area contributed by atoms with E-state index in [2.05, 4.69) is 13.8 Å². The average molecular weight is 393 g/mol. The number of hydrogen-bond acceptors (Lipinski definition) is 4. The van der Waals surface area contributed by atoms with E-state index < -0.39 is 5.60 Å². The number of thiol groups is 1. The van der Waals surface area contributed by atoms with E-state index in [9.17, 15) is 9.90 Å². The van der Waals surface area contributed by atoms with Gasteiger partial charge in [-0.3, -0.25) is 4.79 Å². The van der Waals surface area contributed by atoms with Crippen LogP contribution in [0.25, 0.3) is 0 Å². The first-order valence-electron chi connectivity index (χ1n) is 11.3. The first kappa shape index (κ1) is 18.8. The van der Waals surface area contributed by atoms with Crippen LogP contribution < -0.4 is 0 Å². The standard InChI is InChI=1S/C23H36O3S/c1-21-8-5-16(27)12-15(21)3-4-19-18(21)6-9-22(2)17(7-10-23(19,22)25)14-11-20(24)26-13-14/h14-19,25,27H,3-13H2,1-2H3/t14-,15+,16-,17+,18-,19+,21-,22+,23-/m0/s1. The summed E-state index contributed by atoms with van der Waals surface area (Å²) >= 11 is 4.80. The molecule has 0 aromatic heterocycles. The summed E-state index contributed by atoms with van der Waals surface area (Å²) in [6.45, 7) is 5.46. The summed E-state index contributed by atoms with van der Waals surface area (Å²) in [4.78, 5) is 11.7. The molecule has 0 unspecified atom stereocenters. The fourth-order valence-electron chi connectivity index (χ4n) is 8.79. The zero-order valence-corrected chi connectivity index (χ0v) is 17.8. The van der Waals surface area contributed by atoms with Crippen LogP contribution in [0.4, 0.5) is 0 Å². The fraction of sp³-hybridized carbons (Fsp3) is 0.957. The predicted octanol–water partition coefficient (Wildman–Crippen LogP) is 4.62. The summed E-state index contributed by atoms with van der Waals surface area (Å²) in [5.41, 5.74) is -0.196. The van der Waals surface area contributed by atoms with Gasteiger partial charge in [0.25, 0.3) is 0 Å². The van der Waals surface area contributed by atoms with Crippen LogP contribution in [0.3, 0.4) is 0 Å². The molecule has 4 aliphatic carbocycles. The molecule has 0 amide bonds. The predicted molar refractivity (Wildman–Crippen MR) is 109 cm³/mol. The van der Waals surface area contributed by atoms with Gasteiger partial charge in [0.2, 0.25) is 0 Å². The largest absolute Gasteiger partial charge is 0.465 e. The highest BCUT2D eigenvalue weighted by Crippen LogP contribution is 2.70. The van der Waals surface area contributed by atoms with E-state index in [1.165, 1.54) is 38.5 Å². The topological polar surface area (TPSA) is 46.5 Å². The first-order valence-corrected chi connectivity index (χ1v) is 11.9. The van der Waals surface area contributed by atoms with E-state index in [1.807, 2.05) is 0 Å². The van der Waals surface area contributed by atoms with Crippen LogP contribution in [0.5, 0.6) is 0 Å². The van der Waals surface area contributed by atoms with Gasteiger partial charge in [-0.1, -0.05) is 13.8 Å². The van der Waals surface area contributed by atoms with Crippen LogP contribution in [-0.2, 0) is 9.53 Å². The van der Waals surface area contributed by atoms with Crippen LogP contribution in [0, 0.1) is 40.4 Å². The van der Waals surface area contributed by atoms with Crippen molar-refractivity contribution in [2.24, 2.45) is 40.4 Å². The summed E-state index contributed by atoms with van der Waals surface area (Å²) in [5.74, 6) is 2.62. The van der Waals surface area contributed by atoms with Crippen molar-refractivity contribution in [2.45, 2.75) is 88.9 Å². The maximum atomic E-state index is 12.2. The Balaban J connectivity index is 1.44. The minimum Gasteiger partial charge on any atom is -0.465 e. The molecule has 152 valence electrons. The van der Waals surface area contributed by atoms with Gasteiger partial charge in [0.05, 0.1) is 18.6 Å². The Hall–Kier alpha value is -0.220. The molecule has 5 rings (SSSR count). The Morgan fingerprint density at radius 2 is 1.78 bits per heavy atom. The second-order valence-electron chi connectivity index (χ2n) is 11.1. The Morgan fingerprint density at radius 1 is 1.00 bits per heavy atom. The van der Waals surface area contributed by atoms with Gasteiger partial charge in [0.1, 0.15) is 0 Å². The van der Waals surface area contributed by atoms with E-state index in [0.29, 0.717) is 47.4 Å². The number of hydrogen-bond donors (Lipinski definition) is 2. The van der Waals surface area contributed by atoms with Gasteiger partial charge in [0.15, 0.2) is 0 Å². The second kappa shape index (κ2) is 6.14. The molecular weight excluding hydrogens is 356 g/mol. The molecule has 4 heteroatoms. The van der Waals surface area contributed by atoms with Crippen molar-refractivity contribution in [1.82, 2.24) is 0 Å². The Labute approximate surface area is 169 Å². The second-order valence-corrected chi connectivity index (χ2v) is 11.8. The molecule has 1 aliphatic heterocycles. The summed E-state index contributed by atoms with van der Waals surface area (Å²) in [5, 5.41) is 12.8. The molecule has 5 fully saturated rings. The number of carbonyl (C=O) groups is 1. The van der Waals surface area contributed by atoms with E-state index in [-0.39, 0.29) is 11.4 Å². The Morgan fingerprint density at radius 3 is 2.52 bits per heavy atom. The average Bonchev–Trinajstić information content (AvgIpc) is 3.16. The van der Waals surface area contributed by atoms with Crippen molar-refractivity contribution in [2.75, 3.05) is 6.61 Å². The monoisotopic (exact) mass is 392 g/mol. The minimum atomic E-state index is -0.544. The molecular formula is C23H36O3S. The summed E-state index contributed by atoms with van der Waals surface area (Å²) < 4.78 is 5.31. The number of esters is 1. The SMILES string of the molecule is C[C@]12CC[C@H](S)C[C@H]1CC[C@@H]1[C@@H]2CC[C@]2(C)[C@@H]([C@@H]3COC(=O)C3)CC[C@]12O. The van der Waals surface area contributed by atoms with Gasteiger partial charge in [-0.25, -0.2) is 0 Å². The molecule has 0 spiro atoms. The van der Waals surface area contributed by atoms with Crippen molar-refractivity contribution in [3.63, 3.8) is 0 Å². The number of carbonyl (C=O) groups excluding carboxylic acids is 1. The number of cyclic esters (lactones) is 1. The third-order valence-electron chi connectivity index (χ3n) is 10.4. The molecule has 0 bridgehead atoms. The zero-order valence-electron chi connectivity index (χ0n) is 17.0. The van der Waals surface area contributed by atoms with Crippen LogP contribution in [-0.4, -0.2) is 28.5 Å². The lowest BCUT2D eigenvalue weighted by atomic mass is 9.43. The Bertz CT molecular complexity index is 637. The number of ether oxygens (including phenoxy) is 1. The van der Waals surface area contributed by atoms with Crippen molar-refractivity contribution in [3.05, 3.63) is 0 Å². The lowest BCUT2D eigenvalue weighted by molar-refractivity contribution is -0.208. The Kier molecular flexibility index (Phi) is 4.27. The smallest absolute Gasteiger partial charge is 0.306 e. The van der Waals surface area contributed by atoms with Crippen molar-refractivity contribution >= 4 is 18.6 Å². The molecule has 3 nitrogen and oxygen atoms in total. The number of rotatable bonds is 1. The normalized spacial score (nSPS) is 57.6. The van der Waals surface area contributed by atoms with Gasteiger partial charge in [-0.05, 0) is 92.3 Å². The van der Waals surface area contributed by atoms with E-state index in [0.717, 1.165) is 25.2 Å². The lowest BCUT2D eigenvalue weighted by Gasteiger charge is -2.64. The third kappa shape index (κ3) is 2.47. The molecule has 27 heavy (non-hydrogen) atoms. The highest BCUT2D eigenvalue weighted by atomic mass is 32.1. The molecule has 1 heterocycles. The van der Waals surface area contributed by atoms with Crippen LogP contribution in [0.15, 0.2) is 0 Å². The van der Waals surface area contributed by atoms with E-state index in [1.54, 1.807) is 0 Å². The van der Waals surface area contributed by atoms with E-state index in [4.69, 9.17) is 17.4 Å². The quantitative estimate of drug-likeness (QED) is 0.505. The molecule has 5 aliphatic rings. The summed E-state index contributed by atoms with van der Waals surface area (Å²) in [6.07, 6.45) is 11.2. The molecule has 9 atom stereocenters. The molecule has 0 aromatic rings. The molecule has 1 N–H and O–H groups in total. The van der Waals surface area contributed by atoms with Crippen LogP contribution in [0.2, 0.25) is 0 Å². The van der Waals surface area contributed by atoms with Crippen molar-refractivity contribution in [1.29, 1.82) is 0 Å². The zero-order chi connectivity index (χ0) is 19.0. The third-order valence-corrected chi connectivity index (χ3v) is 10.8. The number of fused-ring (bicyclic) bond motifs is 5. The van der Waals surface area contributed by atoms with Gasteiger partial charge in [-0.15, -0.1) is 0 Å². The van der Waals surface area contributed by atoms with E-state index >= 15 is 0 Å². The fourth-order valence-corrected chi connectivity index (χ4v) is 9.17. The molecule has 1 saturated heterocycles. The van der Waals surface area contributed by atoms with Crippen molar-refractivity contribution < 1.29 is 14.6 Å². The summed E-state index contributed by atoms with van der Waals surface area (Å²) in [7, 11) is 0. The maximum absolute atomic E-state index is 12.2. The molecule has 0 aromatic carbocycles. The maximum Gasteiger partial charge on any atom is 0.306 e. The highest BCUT2D eigenvalue weighted by Gasteiger charge is 2.68.